The van der Waals surface area contributed by atoms with Gasteiger partial charge in [-0.3, -0.25) is 9.59 Å². The molecule has 7 rings (SSSR count). The number of hydrogen-bond acceptors (Lipinski definition) is 9. The van der Waals surface area contributed by atoms with Gasteiger partial charge in [-0.15, -0.1) is 0 Å². The molecule has 5 aliphatic rings. The standard InChI is InChI=1S/C37H40O9/c1-21(2)35-17-23(4)37-27(33(35)44-36(45-35,46-37)19-24-9-7-6-8-10-24)14-26(18-34(41)30(37)13-22(3)32(34)40)20-43-31(39)16-25-11-12-28(38)29(15-25)42-5/h6-15,23,27,30,33,38,41H,1,16-20H2,2-5H3/t23-,27+,30-,33-,34-,35+,36+,37-/m1/s1. The molecule has 9 nitrogen and oxygen atoms in total. The molecular weight excluding hydrogens is 588 g/mol. The van der Waals surface area contributed by atoms with Crippen molar-refractivity contribution in [3.63, 3.8) is 0 Å². The zero-order valence-corrected chi connectivity index (χ0v) is 26.6. The fourth-order valence-electron chi connectivity index (χ4n) is 8.71. The van der Waals surface area contributed by atoms with Crippen LogP contribution in [-0.2, 0) is 41.4 Å². The van der Waals surface area contributed by atoms with E-state index in [1.165, 1.54) is 13.2 Å². The number of esters is 1. The summed E-state index contributed by atoms with van der Waals surface area (Å²) in [4.78, 5) is 26.8. The highest BCUT2D eigenvalue weighted by atomic mass is 16.9. The maximum Gasteiger partial charge on any atom is 0.310 e. The summed E-state index contributed by atoms with van der Waals surface area (Å²) in [6.07, 6.45) is 4.13. The van der Waals surface area contributed by atoms with Crippen molar-refractivity contribution in [2.24, 2.45) is 17.8 Å². The minimum Gasteiger partial charge on any atom is -0.504 e. The van der Waals surface area contributed by atoms with Crippen LogP contribution in [0.5, 0.6) is 11.5 Å². The Morgan fingerprint density at radius 2 is 1.87 bits per heavy atom. The molecule has 2 aliphatic heterocycles. The highest BCUT2D eigenvalue weighted by Crippen LogP contribution is 2.68. The first-order chi connectivity index (χ1) is 21.9. The van der Waals surface area contributed by atoms with Crippen molar-refractivity contribution in [1.82, 2.24) is 0 Å². The summed E-state index contributed by atoms with van der Waals surface area (Å²) in [6, 6.07) is 14.5. The summed E-state index contributed by atoms with van der Waals surface area (Å²) >= 11 is 0. The molecule has 0 unspecified atom stereocenters. The van der Waals surface area contributed by atoms with Crippen molar-refractivity contribution in [3.8, 4) is 11.5 Å². The summed E-state index contributed by atoms with van der Waals surface area (Å²) in [5, 5.41) is 22.3. The summed E-state index contributed by atoms with van der Waals surface area (Å²) in [7, 11) is 1.44. The minimum absolute atomic E-state index is 0.0156. The molecule has 242 valence electrons. The van der Waals surface area contributed by atoms with E-state index in [1.54, 1.807) is 19.1 Å². The molecule has 1 saturated carbocycles. The number of Topliss-reactive ketones (excluding diaryl/α,β-unsaturated/α-hetero) is 1. The molecule has 2 saturated heterocycles. The number of carbonyl (C=O) groups excluding carboxylic acids is 2. The number of methoxy groups -OCH3 is 1. The van der Waals surface area contributed by atoms with Crippen LogP contribution >= 0.6 is 0 Å². The number of ether oxygens (including phenoxy) is 5. The van der Waals surface area contributed by atoms with Gasteiger partial charge in [0.25, 0.3) is 5.97 Å². The molecule has 8 atom stereocenters. The van der Waals surface area contributed by atoms with Crippen LogP contribution in [0.3, 0.4) is 0 Å². The molecule has 3 fully saturated rings. The Labute approximate surface area is 268 Å². The highest BCUT2D eigenvalue weighted by molar-refractivity contribution is 6.04. The number of fused-ring (bicyclic) bond motifs is 2. The molecule has 0 aromatic heterocycles. The molecule has 2 aromatic carbocycles. The van der Waals surface area contributed by atoms with Crippen LogP contribution < -0.4 is 4.74 Å². The Hall–Kier alpha value is -3.76. The average Bonchev–Trinajstić information content (AvgIpc) is 3.32. The maximum absolute atomic E-state index is 13.8. The number of aliphatic hydroxyl groups is 1. The first kappa shape index (κ1) is 30.9. The van der Waals surface area contributed by atoms with E-state index in [0.717, 1.165) is 11.1 Å². The smallest absolute Gasteiger partial charge is 0.310 e. The van der Waals surface area contributed by atoms with Crippen molar-refractivity contribution < 1.29 is 43.5 Å². The predicted octanol–water partition coefficient (Wildman–Crippen LogP) is 4.74. The second kappa shape index (κ2) is 10.6. The molecule has 0 amide bonds. The molecule has 0 radical (unpaired) electrons. The molecule has 2 aromatic rings. The third-order valence-electron chi connectivity index (χ3n) is 10.7. The SMILES string of the molecule is C=C(C)[C@@]12C[C@@H](C)[C@@]34O[C@@](Cc5ccccc5)(O[C@@H]1[C@@H]3C=C(COC(=O)Cc1ccc(O)c(OC)c1)C[C@]1(O)C(=O)C(C)=C[C@@H]41)O2. The second-order valence-electron chi connectivity index (χ2n) is 13.7. The Morgan fingerprint density at radius 1 is 1.11 bits per heavy atom. The first-order valence-electron chi connectivity index (χ1n) is 15.8. The third-order valence-corrected chi connectivity index (χ3v) is 10.7. The summed E-state index contributed by atoms with van der Waals surface area (Å²) in [5.74, 6) is -3.37. The predicted molar refractivity (Wildman–Crippen MR) is 167 cm³/mol. The third kappa shape index (κ3) is 4.43. The molecule has 46 heavy (non-hydrogen) atoms. The van der Waals surface area contributed by atoms with Gasteiger partial charge in [0.05, 0.1) is 25.6 Å². The average molecular weight is 629 g/mol. The quantitative estimate of drug-likeness (QED) is 0.315. The molecule has 2 heterocycles. The fourth-order valence-corrected chi connectivity index (χ4v) is 8.71. The van der Waals surface area contributed by atoms with Gasteiger partial charge in [0.2, 0.25) is 0 Å². The van der Waals surface area contributed by atoms with Gasteiger partial charge in [0, 0.05) is 18.3 Å². The summed E-state index contributed by atoms with van der Waals surface area (Å²) in [5.41, 5.74) is -0.241. The monoisotopic (exact) mass is 628 g/mol. The minimum atomic E-state index is -1.80. The van der Waals surface area contributed by atoms with Gasteiger partial charge in [-0.1, -0.05) is 62.1 Å². The van der Waals surface area contributed by atoms with Crippen LogP contribution in [-0.4, -0.2) is 64.6 Å². The first-order valence-corrected chi connectivity index (χ1v) is 15.8. The number of aromatic hydroxyl groups is 1. The number of phenols is 1. The fraction of sp³-hybridized carbons (Fsp3) is 0.459. The second-order valence-corrected chi connectivity index (χ2v) is 13.7. The summed E-state index contributed by atoms with van der Waals surface area (Å²) in [6.45, 7) is 9.98. The van der Waals surface area contributed by atoms with Crippen molar-refractivity contribution >= 4 is 11.8 Å². The van der Waals surface area contributed by atoms with Crippen molar-refractivity contribution in [3.05, 3.63) is 95.1 Å². The zero-order valence-electron chi connectivity index (χ0n) is 26.6. The Morgan fingerprint density at radius 3 is 2.59 bits per heavy atom. The van der Waals surface area contributed by atoms with Crippen LogP contribution in [0.2, 0.25) is 0 Å². The topological polar surface area (TPSA) is 121 Å². The molecule has 9 heteroatoms. The van der Waals surface area contributed by atoms with Crippen molar-refractivity contribution in [1.29, 1.82) is 0 Å². The van der Waals surface area contributed by atoms with E-state index in [-0.39, 0.29) is 42.6 Å². The van der Waals surface area contributed by atoms with Gasteiger partial charge in [-0.2, -0.15) is 0 Å². The number of rotatable bonds is 8. The van der Waals surface area contributed by atoms with E-state index in [4.69, 9.17) is 23.7 Å². The van der Waals surface area contributed by atoms with Gasteiger partial charge in [-0.25, -0.2) is 0 Å². The van der Waals surface area contributed by atoms with E-state index in [1.807, 2.05) is 49.4 Å². The zero-order chi connectivity index (χ0) is 32.6. The summed E-state index contributed by atoms with van der Waals surface area (Å²) < 4.78 is 31.8. The molecule has 3 bridgehead atoms. The number of carbonyl (C=O) groups is 2. The van der Waals surface area contributed by atoms with E-state index in [9.17, 15) is 19.8 Å². The number of ketones is 1. The molecule has 2 N–H and O–H groups in total. The lowest BCUT2D eigenvalue weighted by Gasteiger charge is -2.59. The highest BCUT2D eigenvalue weighted by Gasteiger charge is 2.79. The lowest BCUT2D eigenvalue weighted by Crippen LogP contribution is -2.70. The Bertz CT molecular complexity index is 1680. The number of hydrogen-bond donors (Lipinski definition) is 2. The number of benzene rings is 2. The van der Waals surface area contributed by atoms with E-state index >= 15 is 0 Å². The van der Waals surface area contributed by atoms with Crippen molar-refractivity contribution in [2.75, 3.05) is 13.7 Å². The van der Waals surface area contributed by atoms with E-state index in [2.05, 4.69) is 13.5 Å². The Kier molecular flexibility index (Phi) is 7.14. The van der Waals surface area contributed by atoms with Crippen LogP contribution in [0, 0.1) is 17.8 Å². The van der Waals surface area contributed by atoms with Crippen molar-refractivity contribution in [2.45, 2.75) is 75.3 Å². The number of phenolic OH excluding ortho intramolecular Hbond substituents is 1. The van der Waals surface area contributed by atoms with Gasteiger partial charge in [0.1, 0.15) is 23.9 Å². The van der Waals surface area contributed by atoms with Crippen LogP contribution in [0.1, 0.15) is 44.7 Å². The van der Waals surface area contributed by atoms with Crippen LogP contribution in [0.15, 0.2) is 84.0 Å². The normalized spacial score (nSPS) is 37.1. The molecule has 0 spiro atoms. The van der Waals surface area contributed by atoms with Gasteiger partial charge in [-0.05, 0) is 66.2 Å². The lowest BCUT2D eigenvalue weighted by molar-refractivity contribution is -0.421. The van der Waals surface area contributed by atoms with E-state index in [0.29, 0.717) is 29.6 Å². The van der Waals surface area contributed by atoms with Crippen LogP contribution in [0.4, 0.5) is 0 Å². The Balaban J connectivity index is 1.27. The maximum atomic E-state index is 13.8. The lowest BCUT2D eigenvalue weighted by atomic mass is 9.55. The van der Waals surface area contributed by atoms with Gasteiger partial charge in [0.15, 0.2) is 17.3 Å². The van der Waals surface area contributed by atoms with Gasteiger partial charge >= 0.3 is 5.97 Å². The van der Waals surface area contributed by atoms with E-state index < -0.39 is 46.7 Å². The van der Waals surface area contributed by atoms with Gasteiger partial charge < -0.3 is 33.9 Å². The van der Waals surface area contributed by atoms with Crippen LogP contribution in [0.25, 0.3) is 0 Å². The molecule has 3 aliphatic carbocycles. The largest absolute Gasteiger partial charge is 0.504 e. The molecular formula is C37H40O9.